The number of fused-ring (bicyclic) bond motifs is 1. The molecule has 1 aromatic carbocycles. The van der Waals surface area contributed by atoms with E-state index in [1.807, 2.05) is 6.07 Å². The van der Waals surface area contributed by atoms with Crippen LogP contribution in [0.25, 0.3) is 10.9 Å². The third kappa shape index (κ3) is 2.32. The van der Waals surface area contributed by atoms with E-state index in [9.17, 15) is 0 Å². The molecule has 4 nitrogen and oxygen atoms in total. The van der Waals surface area contributed by atoms with Crippen LogP contribution in [0, 0.1) is 0 Å². The van der Waals surface area contributed by atoms with Gasteiger partial charge in [0.25, 0.3) is 0 Å². The number of hydrogen-bond donors (Lipinski definition) is 1. The minimum Gasteiger partial charge on any atom is -0.495 e. The Hall–Kier alpha value is -0.850. The fourth-order valence-corrected chi connectivity index (χ4v) is 3.23. The van der Waals surface area contributed by atoms with E-state index in [2.05, 4.69) is 36.8 Å². The predicted octanol–water partition coefficient (Wildman–Crippen LogP) is 3.50. The summed E-state index contributed by atoms with van der Waals surface area (Å²) in [7, 11) is 3.23. The van der Waals surface area contributed by atoms with Gasteiger partial charge in [-0.25, -0.2) is 4.98 Å². The molecule has 0 saturated heterocycles. The van der Waals surface area contributed by atoms with Crippen LogP contribution in [0.15, 0.2) is 21.1 Å². The zero-order valence-corrected chi connectivity index (χ0v) is 13.1. The van der Waals surface area contributed by atoms with Gasteiger partial charge in [-0.2, -0.15) is 0 Å². The molecule has 2 aromatic rings. The molecule has 0 saturated carbocycles. The SMILES string of the molecule is COCc1cc(N)c2c(OC)c(Br)cc(Br)c2n1. The summed E-state index contributed by atoms with van der Waals surface area (Å²) in [6, 6.07) is 3.69. The number of pyridine rings is 1. The standard InChI is InChI=1S/C12H12Br2N2O2/c1-17-5-6-3-9(15)10-11(16-6)7(13)4-8(14)12(10)18-2/h3-4H,5H2,1-2H3,(H2,15,16). The maximum Gasteiger partial charge on any atom is 0.144 e. The smallest absolute Gasteiger partial charge is 0.144 e. The topological polar surface area (TPSA) is 57.4 Å². The number of halogens is 2. The van der Waals surface area contributed by atoms with E-state index in [1.54, 1.807) is 20.3 Å². The second kappa shape index (κ2) is 5.42. The lowest BCUT2D eigenvalue weighted by Crippen LogP contribution is -2.00. The van der Waals surface area contributed by atoms with E-state index in [0.717, 1.165) is 25.5 Å². The highest BCUT2D eigenvalue weighted by Gasteiger charge is 2.15. The Labute approximate surface area is 122 Å². The van der Waals surface area contributed by atoms with Crippen LogP contribution in [-0.4, -0.2) is 19.2 Å². The van der Waals surface area contributed by atoms with E-state index in [-0.39, 0.29) is 0 Å². The summed E-state index contributed by atoms with van der Waals surface area (Å²) in [5, 5.41) is 0.790. The average Bonchev–Trinajstić information content (AvgIpc) is 2.31. The first-order valence-electron chi connectivity index (χ1n) is 5.18. The van der Waals surface area contributed by atoms with Gasteiger partial charge in [-0.05, 0) is 44.0 Å². The number of nitrogen functional groups attached to an aromatic ring is 1. The first-order valence-corrected chi connectivity index (χ1v) is 6.77. The number of rotatable bonds is 3. The zero-order chi connectivity index (χ0) is 13.3. The van der Waals surface area contributed by atoms with E-state index in [0.29, 0.717) is 18.0 Å². The minimum absolute atomic E-state index is 0.422. The van der Waals surface area contributed by atoms with Crippen molar-refractivity contribution >= 4 is 48.5 Å². The molecule has 0 aliphatic heterocycles. The molecule has 0 aliphatic rings. The van der Waals surface area contributed by atoms with Crippen LogP contribution in [0.4, 0.5) is 5.69 Å². The normalized spacial score (nSPS) is 10.9. The van der Waals surface area contributed by atoms with Crippen molar-refractivity contribution in [3.8, 4) is 5.75 Å². The van der Waals surface area contributed by atoms with Gasteiger partial charge < -0.3 is 15.2 Å². The van der Waals surface area contributed by atoms with Crippen molar-refractivity contribution in [1.29, 1.82) is 0 Å². The number of hydrogen-bond acceptors (Lipinski definition) is 4. The van der Waals surface area contributed by atoms with Crippen LogP contribution in [0.1, 0.15) is 5.69 Å². The molecule has 0 radical (unpaired) electrons. The third-order valence-electron chi connectivity index (χ3n) is 2.52. The summed E-state index contributed by atoms with van der Waals surface area (Å²) < 4.78 is 12.1. The molecule has 2 N–H and O–H groups in total. The summed E-state index contributed by atoms with van der Waals surface area (Å²) in [6.45, 7) is 0.422. The number of benzene rings is 1. The summed E-state index contributed by atoms with van der Waals surface area (Å²) in [5.41, 5.74) is 8.25. The van der Waals surface area contributed by atoms with Gasteiger partial charge in [-0.1, -0.05) is 0 Å². The Bertz CT molecular complexity index is 602. The van der Waals surface area contributed by atoms with Gasteiger partial charge in [-0.3, -0.25) is 0 Å². The monoisotopic (exact) mass is 374 g/mol. The predicted molar refractivity (Wildman–Crippen MR) is 78.8 cm³/mol. The van der Waals surface area contributed by atoms with Gasteiger partial charge in [0.1, 0.15) is 5.75 Å². The molecular weight excluding hydrogens is 364 g/mol. The van der Waals surface area contributed by atoms with Crippen molar-refractivity contribution < 1.29 is 9.47 Å². The van der Waals surface area contributed by atoms with Gasteiger partial charge in [0.05, 0.1) is 34.8 Å². The highest BCUT2D eigenvalue weighted by atomic mass is 79.9. The van der Waals surface area contributed by atoms with E-state index in [4.69, 9.17) is 15.2 Å². The first-order chi connectivity index (χ1) is 8.58. The van der Waals surface area contributed by atoms with Gasteiger partial charge in [-0.15, -0.1) is 0 Å². The highest BCUT2D eigenvalue weighted by Crippen LogP contribution is 2.40. The van der Waals surface area contributed by atoms with Crippen molar-refractivity contribution in [2.24, 2.45) is 0 Å². The quantitative estimate of drug-likeness (QED) is 0.891. The molecule has 1 heterocycles. The fraction of sp³-hybridized carbons (Fsp3) is 0.250. The Morgan fingerprint density at radius 1 is 1.22 bits per heavy atom. The second-order valence-electron chi connectivity index (χ2n) is 3.73. The number of nitrogens with zero attached hydrogens (tertiary/aromatic N) is 1. The number of nitrogens with two attached hydrogens (primary N) is 1. The molecule has 0 aliphatic carbocycles. The summed E-state index contributed by atoms with van der Waals surface area (Å²) in [6.07, 6.45) is 0. The number of anilines is 1. The Balaban J connectivity index is 2.81. The van der Waals surface area contributed by atoms with Crippen molar-refractivity contribution in [2.75, 3.05) is 20.0 Å². The first kappa shape index (κ1) is 13.6. The van der Waals surface area contributed by atoms with Crippen molar-refractivity contribution in [2.45, 2.75) is 6.61 Å². The molecular formula is C12H12Br2N2O2. The Morgan fingerprint density at radius 2 is 1.94 bits per heavy atom. The number of aromatic nitrogens is 1. The molecule has 0 spiro atoms. The van der Waals surface area contributed by atoms with Crippen LogP contribution in [0.3, 0.4) is 0 Å². The molecule has 18 heavy (non-hydrogen) atoms. The number of ether oxygens (including phenoxy) is 2. The largest absolute Gasteiger partial charge is 0.495 e. The van der Waals surface area contributed by atoms with Crippen molar-refractivity contribution in [3.63, 3.8) is 0 Å². The van der Waals surface area contributed by atoms with Gasteiger partial charge in [0.15, 0.2) is 0 Å². The molecule has 1 aromatic heterocycles. The summed E-state index contributed by atoms with van der Waals surface area (Å²) in [5.74, 6) is 0.683. The highest BCUT2D eigenvalue weighted by molar-refractivity contribution is 9.11. The zero-order valence-electron chi connectivity index (χ0n) is 9.96. The maximum atomic E-state index is 6.08. The van der Waals surface area contributed by atoms with Crippen molar-refractivity contribution in [3.05, 3.63) is 26.8 Å². The molecule has 0 fully saturated rings. The number of methoxy groups -OCH3 is 2. The van der Waals surface area contributed by atoms with Gasteiger partial charge >= 0.3 is 0 Å². The van der Waals surface area contributed by atoms with Crippen LogP contribution in [0.5, 0.6) is 5.75 Å². The van der Waals surface area contributed by atoms with Crippen LogP contribution in [0.2, 0.25) is 0 Å². The van der Waals surface area contributed by atoms with E-state index in [1.165, 1.54) is 0 Å². The second-order valence-corrected chi connectivity index (χ2v) is 5.44. The van der Waals surface area contributed by atoms with Crippen molar-refractivity contribution in [1.82, 2.24) is 4.98 Å². The lowest BCUT2D eigenvalue weighted by Gasteiger charge is -2.12. The summed E-state index contributed by atoms with van der Waals surface area (Å²) >= 11 is 6.93. The lowest BCUT2D eigenvalue weighted by molar-refractivity contribution is 0.182. The molecule has 0 unspecified atom stereocenters. The Kier molecular flexibility index (Phi) is 4.09. The molecule has 0 amide bonds. The Morgan fingerprint density at radius 3 is 2.56 bits per heavy atom. The molecule has 6 heteroatoms. The lowest BCUT2D eigenvalue weighted by atomic mass is 10.1. The third-order valence-corrected chi connectivity index (χ3v) is 3.72. The van der Waals surface area contributed by atoms with Gasteiger partial charge in [0.2, 0.25) is 0 Å². The average molecular weight is 376 g/mol. The fourth-order valence-electron chi connectivity index (χ4n) is 1.82. The van der Waals surface area contributed by atoms with E-state index >= 15 is 0 Å². The molecule has 0 atom stereocenters. The van der Waals surface area contributed by atoms with Crippen LogP contribution in [-0.2, 0) is 11.3 Å². The maximum absolute atomic E-state index is 6.08. The van der Waals surface area contributed by atoms with Gasteiger partial charge in [0, 0.05) is 17.3 Å². The van der Waals surface area contributed by atoms with E-state index < -0.39 is 0 Å². The molecule has 0 bridgehead atoms. The molecule has 96 valence electrons. The molecule has 2 rings (SSSR count). The summed E-state index contributed by atoms with van der Waals surface area (Å²) in [4.78, 5) is 4.52. The minimum atomic E-state index is 0.422. The van der Waals surface area contributed by atoms with Crippen LogP contribution >= 0.6 is 31.9 Å². The van der Waals surface area contributed by atoms with Crippen LogP contribution < -0.4 is 10.5 Å².